The number of halogens is 2. The molecule has 0 unspecified atom stereocenters. The van der Waals surface area contributed by atoms with E-state index in [2.05, 4.69) is 28.2 Å². The highest BCUT2D eigenvalue weighted by atomic mass is 19.2. The van der Waals surface area contributed by atoms with Crippen molar-refractivity contribution in [1.82, 2.24) is 9.97 Å². The highest BCUT2D eigenvalue weighted by molar-refractivity contribution is 5.91. The van der Waals surface area contributed by atoms with E-state index in [1.165, 1.54) is 11.8 Å². The normalized spacial score (nSPS) is 10.7. The van der Waals surface area contributed by atoms with Crippen molar-refractivity contribution in [3.05, 3.63) is 101 Å². The molecule has 29 heavy (non-hydrogen) atoms. The highest BCUT2D eigenvalue weighted by Gasteiger charge is 2.06. The molecule has 0 saturated heterocycles. The molecule has 0 atom stereocenters. The Balaban J connectivity index is 0.000000150. The van der Waals surface area contributed by atoms with Crippen LogP contribution in [0.15, 0.2) is 83.8 Å². The minimum Gasteiger partial charge on any atom is -0.397 e. The molecule has 4 N–H and O–H groups in total. The smallest absolute Gasteiger partial charge is 0.248 e. The number of rotatable bonds is 1. The predicted molar refractivity (Wildman–Crippen MR) is 113 cm³/mol. The predicted octanol–water partition coefficient (Wildman–Crippen LogP) is 5.22. The van der Waals surface area contributed by atoms with Gasteiger partial charge in [0, 0.05) is 29.2 Å². The second-order valence-corrected chi connectivity index (χ2v) is 6.55. The molecular weight excluding hydrogens is 372 g/mol. The third-order valence-corrected chi connectivity index (χ3v) is 4.59. The summed E-state index contributed by atoms with van der Waals surface area (Å²) in [5.41, 5.74) is 9.55. The minimum absolute atomic E-state index is 0.0649. The Kier molecular flexibility index (Phi) is 4.83. The summed E-state index contributed by atoms with van der Waals surface area (Å²) in [5, 5.41) is 1.56. The molecule has 144 valence electrons. The van der Waals surface area contributed by atoms with Crippen molar-refractivity contribution in [2.45, 2.75) is 0 Å². The van der Waals surface area contributed by atoms with Crippen molar-refractivity contribution >= 4 is 27.5 Å². The molecule has 0 bridgehead atoms. The van der Waals surface area contributed by atoms with Crippen LogP contribution in [0.1, 0.15) is 0 Å². The topological polar surface area (TPSA) is 74.7 Å². The Bertz CT molecular complexity index is 1360. The Morgan fingerprint density at radius 3 is 2.31 bits per heavy atom. The summed E-state index contributed by atoms with van der Waals surface area (Å²) in [5.74, 6) is -1.75. The summed E-state index contributed by atoms with van der Waals surface area (Å²) in [7, 11) is 0. The molecule has 0 amide bonds. The van der Waals surface area contributed by atoms with Gasteiger partial charge in [-0.3, -0.25) is 4.79 Å². The van der Waals surface area contributed by atoms with E-state index in [0.717, 1.165) is 28.6 Å². The van der Waals surface area contributed by atoms with Gasteiger partial charge in [-0.1, -0.05) is 36.4 Å². The highest BCUT2D eigenvalue weighted by Crippen LogP contribution is 2.23. The molecule has 5 aromatic rings. The molecule has 2 heterocycles. The Morgan fingerprint density at radius 2 is 1.52 bits per heavy atom. The van der Waals surface area contributed by atoms with Gasteiger partial charge < -0.3 is 15.7 Å². The van der Waals surface area contributed by atoms with Crippen molar-refractivity contribution in [2.75, 3.05) is 5.73 Å². The number of H-pyrrole nitrogens is 2. The van der Waals surface area contributed by atoms with Gasteiger partial charge in [0.15, 0.2) is 11.6 Å². The fourth-order valence-corrected chi connectivity index (χ4v) is 3.10. The zero-order valence-corrected chi connectivity index (χ0v) is 15.2. The van der Waals surface area contributed by atoms with Crippen LogP contribution in [0, 0.1) is 11.6 Å². The molecule has 6 heteroatoms. The summed E-state index contributed by atoms with van der Waals surface area (Å²) < 4.78 is 25.3. The van der Waals surface area contributed by atoms with Crippen molar-refractivity contribution in [1.29, 1.82) is 0 Å². The molecule has 0 radical (unpaired) electrons. The molecule has 0 saturated carbocycles. The lowest BCUT2D eigenvalue weighted by molar-refractivity contribution is 0.511. The summed E-state index contributed by atoms with van der Waals surface area (Å²) >= 11 is 0. The fourth-order valence-electron chi connectivity index (χ4n) is 3.10. The number of aromatic amines is 2. The van der Waals surface area contributed by atoms with Gasteiger partial charge in [0.2, 0.25) is 5.56 Å². The largest absolute Gasteiger partial charge is 0.397 e. The molecule has 0 fully saturated rings. The Labute approximate surface area is 164 Å². The molecular formula is C23H17F2N3O. The number of nitrogen functional groups attached to an aromatic ring is 1. The zero-order valence-electron chi connectivity index (χ0n) is 15.2. The van der Waals surface area contributed by atoms with Gasteiger partial charge in [-0.25, -0.2) is 8.78 Å². The molecule has 0 aliphatic heterocycles. The third kappa shape index (κ3) is 3.87. The lowest BCUT2D eigenvalue weighted by Crippen LogP contribution is -2.01. The van der Waals surface area contributed by atoms with E-state index in [0.29, 0.717) is 16.6 Å². The first-order valence-electron chi connectivity index (χ1n) is 8.91. The summed E-state index contributed by atoms with van der Waals surface area (Å²) in [6, 6.07) is 21.8. The standard InChI is InChI=1S/C15H11NO.C8H6F2N2/c17-15-9-7-13-10-12(6-8-14(13)16-15)11-4-2-1-3-5-11;9-5-1-4-7(11)3-12-8(4)2-6(5)10/h1-10H,(H,16,17);1-3,12H,11H2. The van der Waals surface area contributed by atoms with Crippen LogP contribution in [0.2, 0.25) is 0 Å². The molecule has 0 aliphatic carbocycles. The molecule has 0 spiro atoms. The fraction of sp³-hybridized carbons (Fsp3) is 0. The first-order valence-corrected chi connectivity index (χ1v) is 8.91. The summed E-state index contributed by atoms with van der Waals surface area (Å²) in [6.07, 6.45) is 1.50. The average Bonchev–Trinajstić information content (AvgIpc) is 3.09. The van der Waals surface area contributed by atoms with Gasteiger partial charge in [-0.2, -0.15) is 0 Å². The number of hydrogen-bond donors (Lipinski definition) is 3. The van der Waals surface area contributed by atoms with E-state index in [1.54, 1.807) is 6.07 Å². The molecule has 4 nitrogen and oxygen atoms in total. The molecule has 3 aromatic carbocycles. The van der Waals surface area contributed by atoms with Crippen LogP contribution >= 0.6 is 0 Å². The van der Waals surface area contributed by atoms with Gasteiger partial charge in [0.1, 0.15) is 0 Å². The van der Waals surface area contributed by atoms with Gasteiger partial charge in [0.05, 0.1) is 11.2 Å². The Hall–Kier alpha value is -3.93. The van der Waals surface area contributed by atoms with Crippen LogP contribution in [-0.4, -0.2) is 9.97 Å². The maximum absolute atomic E-state index is 12.7. The van der Waals surface area contributed by atoms with E-state index in [-0.39, 0.29) is 5.56 Å². The maximum atomic E-state index is 12.7. The number of benzene rings is 3. The van der Waals surface area contributed by atoms with Crippen LogP contribution in [0.3, 0.4) is 0 Å². The van der Waals surface area contributed by atoms with Gasteiger partial charge >= 0.3 is 0 Å². The van der Waals surface area contributed by atoms with Crippen molar-refractivity contribution in [3.8, 4) is 11.1 Å². The molecule has 5 rings (SSSR count). The molecule has 2 aromatic heterocycles. The van der Waals surface area contributed by atoms with E-state index < -0.39 is 11.6 Å². The number of fused-ring (bicyclic) bond motifs is 2. The second kappa shape index (κ2) is 7.59. The van der Waals surface area contributed by atoms with Gasteiger partial charge in [0.25, 0.3) is 0 Å². The average molecular weight is 389 g/mol. The van der Waals surface area contributed by atoms with Crippen LogP contribution in [0.25, 0.3) is 32.9 Å². The lowest BCUT2D eigenvalue weighted by Gasteiger charge is -2.03. The number of pyridine rings is 1. The van der Waals surface area contributed by atoms with Gasteiger partial charge in [-0.15, -0.1) is 0 Å². The summed E-state index contributed by atoms with van der Waals surface area (Å²) in [6.45, 7) is 0. The first kappa shape index (κ1) is 18.4. The minimum atomic E-state index is -0.881. The van der Waals surface area contributed by atoms with Crippen molar-refractivity contribution < 1.29 is 8.78 Å². The monoisotopic (exact) mass is 389 g/mol. The van der Waals surface area contributed by atoms with E-state index in [1.807, 2.05) is 36.4 Å². The quantitative estimate of drug-likeness (QED) is 0.368. The van der Waals surface area contributed by atoms with Crippen LogP contribution in [0.4, 0.5) is 14.5 Å². The number of nitrogens with two attached hydrogens (primary N) is 1. The second-order valence-electron chi connectivity index (χ2n) is 6.55. The Morgan fingerprint density at radius 1 is 0.759 bits per heavy atom. The summed E-state index contributed by atoms with van der Waals surface area (Å²) in [4.78, 5) is 16.7. The van der Waals surface area contributed by atoms with E-state index in [9.17, 15) is 13.6 Å². The van der Waals surface area contributed by atoms with Crippen molar-refractivity contribution in [3.63, 3.8) is 0 Å². The van der Waals surface area contributed by atoms with Crippen LogP contribution in [-0.2, 0) is 0 Å². The lowest BCUT2D eigenvalue weighted by atomic mass is 10.0. The number of aromatic nitrogens is 2. The number of nitrogens with one attached hydrogen (secondary N) is 2. The van der Waals surface area contributed by atoms with E-state index in [4.69, 9.17) is 5.73 Å². The molecule has 0 aliphatic rings. The SMILES string of the molecule is Nc1c[nH]c2cc(F)c(F)cc12.O=c1ccc2cc(-c3ccccc3)ccc2[nH]1. The van der Waals surface area contributed by atoms with Crippen molar-refractivity contribution in [2.24, 2.45) is 0 Å². The zero-order chi connectivity index (χ0) is 20.4. The first-order chi connectivity index (χ1) is 14.0. The maximum Gasteiger partial charge on any atom is 0.248 e. The van der Waals surface area contributed by atoms with Crippen LogP contribution in [0.5, 0.6) is 0 Å². The van der Waals surface area contributed by atoms with Gasteiger partial charge in [-0.05, 0) is 40.8 Å². The third-order valence-electron chi connectivity index (χ3n) is 4.59. The number of hydrogen-bond acceptors (Lipinski definition) is 2. The van der Waals surface area contributed by atoms with Crippen LogP contribution < -0.4 is 11.3 Å². The number of anilines is 1. The van der Waals surface area contributed by atoms with E-state index >= 15 is 0 Å².